The van der Waals surface area contributed by atoms with Crippen LogP contribution in [0.1, 0.15) is 64.2 Å². The zero-order chi connectivity index (χ0) is 21.3. The first-order valence-electron chi connectivity index (χ1n) is 10.7. The Balaban J connectivity index is 2.26. The lowest BCUT2D eigenvalue weighted by molar-refractivity contribution is -0.158. The number of nitrogens with two attached hydrogens (primary N) is 2. The van der Waals surface area contributed by atoms with Crippen molar-refractivity contribution in [1.82, 2.24) is 10.2 Å². The largest absolute Gasteiger partial charge is 0.387 e. The number of hydrogen-bond acceptors (Lipinski definition) is 6. The molecule has 2 atom stereocenters. The number of guanidine groups is 1. The van der Waals surface area contributed by atoms with Gasteiger partial charge in [0.1, 0.15) is 18.4 Å². The minimum Gasteiger partial charge on any atom is -0.387 e. The molecule has 2 fully saturated rings. The highest BCUT2D eigenvalue weighted by atomic mass is 16.3. The molecule has 0 unspecified atom stereocenters. The van der Waals surface area contributed by atoms with Crippen LogP contribution in [0.25, 0.3) is 0 Å². The van der Waals surface area contributed by atoms with Crippen LogP contribution in [-0.4, -0.2) is 65.3 Å². The smallest absolute Gasteiger partial charge is 0.255 e. The molecule has 0 aromatic heterocycles. The number of imide groups is 1. The number of aldehydes is 1. The third-order valence-electron chi connectivity index (χ3n) is 6.19. The Morgan fingerprint density at radius 3 is 2.48 bits per heavy atom. The Hall–Kier alpha value is -2.00. The first kappa shape index (κ1) is 23.3. The Labute approximate surface area is 172 Å². The maximum atomic E-state index is 13.8. The van der Waals surface area contributed by atoms with E-state index in [0.717, 1.165) is 49.8 Å². The number of carbonyl (C=O) groups excluding carboxylic acids is 3. The third kappa shape index (κ3) is 5.76. The van der Waals surface area contributed by atoms with Gasteiger partial charge in [-0.2, -0.15) is 0 Å². The van der Waals surface area contributed by atoms with Crippen molar-refractivity contribution < 1.29 is 19.5 Å². The maximum absolute atomic E-state index is 13.8. The standard InChI is InChI=1S/C20H35N5O4/c21-19(22)23-11-6-9-16(13-26)25(17(28)14-27)18(29)20(10-4-5-12-24-20)15-7-2-1-3-8-15/h13,15-16,24,27H,1-12,14H2,(H4,21,22,23)/t16-,20-/m1/s1. The van der Waals surface area contributed by atoms with E-state index in [1.54, 1.807) is 0 Å². The zero-order valence-electron chi connectivity index (χ0n) is 17.1. The highest BCUT2D eigenvalue weighted by molar-refractivity contribution is 6.02. The van der Waals surface area contributed by atoms with Crippen LogP contribution in [0.2, 0.25) is 0 Å². The molecule has 29 heavy (non-hydrogen) atoms. The monoisotopic (exact) mass is 409 g/mol. The van der Waals surface area contributed by atoms with Crippen molar-refractivity contribution in [2.24, 2.45) is 22.4 Å². The fraction of sp³-hybridized carbons (Fsp3) is 0.800. The fourth-order valence-electron chi connectivity index (χ4n) is 4.74. The summed E-state index contributed by atoms with van der Waals surface area (Å²) in [4.78, 5) is 43.0. The molecule has 1 saturated heterocycles. The zero-order valence-corrected chi connectivity index (χ0v) is 17.1. The molecule has 1 saturated carbocycles. The van der Waals surface area contributed by atoms with Gasteiger partial charge >= 0.3 is 0 Å². The molecule has 2 aliphatic rings. The molecule has 1 aliphatic carbocycles. The number of nitrogens with zero attached hydrogens (tertiary/aromatic N) is 2. The molecule has 2 rings (SSSR count). The van der Waals surface area contributed by atoms with Crippen molar-refractivity contribution in [2.75, 3.05) is 19.7 Å². The first-order valence-corrected chi connectivity index (χ1v) is 10.7. The summed E-state index contributed by atoms with van der Waals surface area (Å²) >= 11 is 0. The van der Waals surface area contributed by atoms with Gasteiger partial charge in [0.15, 0.2) is 5.96 Å². The second-order valence-electron chi connectivity index (χ2n) is 8.07. The SMILES string of the molecule is NC(N)=NCCC[C@H](C=O)N(C(=O)CO)C(=O)[C@]1(C2CCCCC2)CCCCN1. The molecular weight excluding hydrogens is 374 g/mol. The van der Waals surface area contributed by atoms with Gasteiger partial charge in [0.05, 0.1) is 6.04 Å². The van der Waals surface area contributed by atoms with Crippen LogP contribution >= 0.6 is 0 Å². The molecule has 0 aromatic rings. The number of aliphatic hydroxyl groups excluding tert-OH is 1. The van der Waals surface area contributed by atoms with Gasteiger partial charge in [0, 0.05) is 6.54 Å². The summed E-state index contributed by atoms with van der Waals surface area (Å²) in [6, 6.07) is -0.944. The highest BCUT2D eigenvalue weighted by Crippen LogP contribution is 2.39. The average Bonchev–Trinajstić information content (AvgIpc) is 2.76. The minimum atomic E-state index is -0.944. The molecule has 0 spiro atoms. The van der Waals surface area contributed by atoms with Crippen LogP contribution in [0, 0.1) is 5.92 Å². The second-order valence-corrected chi connectivity index (χ2v) is 8.07. The van der Waals surface area contributed by atoms with Gasteiger partial charge in [0.25, 0.3) is 5.91 Å². The Morgan fingerprint density at radius 1 is 1.21 bits per heavy atom. The number of carbonyl (C=O) groups is 3. The van der Waals surface area contributed by atoms with E-state index in [0.29, 0.717) is 32.2 Å². The van der Waals surface area contributed by atoms with E-state index in [1.807, 2.05) is 0 Å². The molecule has 9 heteroatoms. The maximum Gasteiger partial charge on any atom is 0.255 e. The third-order valence-corrected chi connectivity index (χ3v) is 6.19. The van der Waals surface area contributed by atoms with Crippen LogP contribution in [-0.2, 0) is 14.4 Å². The molecular formula is C20H35N5O4. The van der Waals surface area contributed by atoms with E-state index in [-0.39, 0.29) is 24.2 Å². The van der Waals surface area contributed by atoms with Crippen molar-refractivity contribution in [1.29, 1.82) is 0 Å². The molecule has 1 aliphatic heterocycles. The number of aliphatic hydroxyl groups is 1. The van der Waals surface area contributed by atoms with E-state index in [2.05, 4.69) is 10.3 Å². The van der Waals surface area contributed by atoms with Gasteiger partial charge in [-0.15, -0.1) is 0 Å². The van der Waals surface area contributed by atoms with Crippen LogP contribution < -0.4 is 16.8 Å². The summed E-state index contributed by atoms with van der Waals surface area (Å²) in [5, 5.41) is 12.9. The van der Waals surface area contributed by atoms with Crippen LogP contribution in [0.3, 0.4) is 0 Å². The van der Waals surface area contributed by atoms with Gasteiger partial charge in [-0.1, -0.05) is 19.3 Å². The summed E-state index contributed by atoms with van der Waals surface area (Å²) < 4.78 is 0. The number of hydrogen-bond donors (Lipinski definition) is 4. The summed E-state index contributed by atoms with van der Waals surface area (Å²) in [6.45, 7) is 0.193. The van der Waals surface area contributed by atoms with Gasteiger partial charge in [-0.25, -0.2) is 0 Å². The van der Waals surface area contributed by atoms with Crippen molar-refractivity contribution in [2.45, 2.75) is 75.8 Å². The van der Waals surface area contributed by atoms with Gasteiger partial charge in [0.2, 0.25) is 5.91 Å². The Kier molecular flexibility index (Phi) is 9.03. The van der Waals surface area contributed by atoms with Crippen molar-refractivity contribution >= 4 is 24.1 Å². The topological polar surface area (TPSA) is 151 Å². The lowest BCUT2D eigenvalue weighted by Crippen LogP contribution is -2.66. The minimum absolute atomic E-state index is 0.0466. The lowest BCUT2D eigenvalue weighted by Gasteiger charge is -2.47. The number of piperidine rings is 1. The predicted octanol–water partition coefficient (Wildman–Crippen LogP) is 0.0476. The molecule has 0 aromatic carbocycles. The van der Waals surface area contributed by atoms with Crippen molar-refractivity contribution in [3.63, 3.8) is 0 Å². The summed E-state index contributed by atoms with van der Waals surface area (Å²) in [7, 11) is 0. The first-order chi connectivity index (χ1) is 14.0. The fourth-order valence-corrected chi connectivity index (χ4v) is 4.74. The van der Waals surface area contributed by atoms with Gasteiger partial charge in [-0.05, 0) is 57.4 Å². The Bertz CT molecular complexity index is 594. The number of nitrogens with one attached hydrogen (secondary N) is 1. The van der Waals surface area contributed by atoms with E-state index >= 15 is 0 Å². The predicted molar refractivity (Wildman–Crippen MR) is 110 cm³/mol. The lowest BCUT2D eigenvalue weighted by atomic mass is 9.69. The summed E-state index contributed by atoms with van der Waals surface area (Å²) in [5.41, 5.74) is 9.79. The van der Waals surface area contributed by atoms with Gasteiger partial charge < -0.3 is 26.7 Å². The molecule has 0 bridgehead atoms. The summed E-state index contributed by atoms with van der Waals surface area (Å²) in [5.74, 6) is -1.03. The molecule has 9 nitrogen and oxygen atoms in total. The molecule has 164 valence electrons. The molecule has 6 N–H and O–H groups in total. The van der Waals surface area contributed by atoms with Crippen molar-refractivity contribution in [3.8, 4) is 0 Å². The van der Waals surface area contributed by atoms with Gasteiger partial charge in [-0.3, -0.25) is 19.5 Å². The molecule has 2 amide bonds. The van der Waals surface area contributed by atoms with Crippen LogP contribution in [0.5, 0.6) is 0 Å². The second kappa shape index (κ2) is 11.3. The normalized spacial score (nSPS) is 23.8. The summed E-state index contributed by atoms with van der Waals surface area (Å²) in [6.07, 6.45) is 8.94. The van der Waals surface area contributed by atoms with E-state index in [1.165, 1.54) is 0 Å². The van der Waals surface area contributed by atoms with E-state index in [4.69, 9.17) is 11.5 Å². The van der Waals surface area contributed by atoms with Crippen LogP contribution in [0.15, 0.2) is 4.99 Å². The number of amides is 2. The molecule has 0 radical (unpaired) electrons. The van der Waals surface area contributed by atoms with Crippen molar-refractivity contribution in [3.05, 3.63) is 0 Å². The average molecular weight is 410 g/mol. The van der Waals surface area contributed by atoms with E-state index < -0.39 is 24.1 Å². The van der Waals surface area contributed by atoms with E-state index in [9.17, 15) is 19.5 Å². The quantitative estimate of drug-likeness (QED) is 0.182. The highest BCUT2D eigenvalue weighted by Gasteiger charge is 2.50. The Morgan fingerprint density at radius 2 is 1.93 bits per heavy atom. The number of rotatable bonds is 9. The molecule has 1 heterocycles. The number of aliphatic imine (C=N–C) groups is 1. The van der Waals surface area contributed by atoms with Crippen LogP contribution in [0.4, 0.5) is 0 Å².